The first kappa shape index (κ1) is 15.4. The van der Waals surface area contributed by atoms with Gasteiger partial charge in [0.1, 0.15) is 18.0 Å². The average Bonchev–Trinajstić information content (AvgIpc) is 2.49. The molecule has 0 saturated carbocycles. The molecule has 0 heterocycles. The van der Waals surface area contributed by atoms with E-state index in [0.29, 0.717) is 5.56 Å². The van der Waals surface area contributed by atoms with Crippen molar-refractivity contribution in [3.05, 3.63) is 65.2 Å². The van der Waals surface area contributed by atoms with Gasteiger partial charge in [0.25, 0.3) is 0 Å². The zero-order chi connectivity index (χ0) is 15.4. The van der Waals surface area contributed by atoms with Gasteiger partial charge in [-0.1, -0.05) is 31.2 Å². The number of halogens is 2. The van der Waals surface area contributed by atoms with Crippen LogP contribution in [-0.2, 0) is 6.42 Å². The second-order valence-corrected chi connectivity index (χ2v) is 4.94. The van der Waals surface area contributed by atoms with Crippen molar-refractivity contribution in [2.45, 2.75) is 32.5 Å². The molecular weight excluding hydrogens is 274 g/mol. The third-order valence-electron chi connectivity index (χ3n) is 3.38. The molecule has 0 saturated heterocycles. The van der Waals surface area contributed by atoms with Crippen molar-refractivity contribution in [2.75, 3.05) is 0 Å². The lowest BCUT2D eigenvalue weighted by molar-refractivity contribution is 0.0443. The molecule has 2 aromatic carbocycles. The van der Waals surface area contributed by atoms with Crippen LogP contribution in [0.3, 0.4) is 0 Å². The third kappa shape index (κ3) is 3.79. The van der Waals surface area contributed by atoms with Gasteiger partial charge in [-0.3, -0.25) is 0 Å². The fourth-order valence-corrected chi connectivity index (χ4v) is 2.06. The van der Waals surface area contributed by atoms with Gasteiger partial charge >= 0.3 is 0 Å². The highest BCUT2D eigenvalue weighted by Gasteiger charge is 2.19. The molecule has 2 rings (SSSR count). The maximum Gasteiger partial charge on any atom is 0.167 e. The molecule has 0 spiro atoms. The van der Waals surface area contributed by atoms with E-state index in [4.69, 9.17) is 4.74 Å². The highest BCUT2D eigenvalue weighted by atomic mass is 19.1. The van der Waals surface area contributed by atoms with E-state index in [1.165, 1.54) is 11.6 Å². The molecule has 0 aliphatic rings. The number of aliphatic hydroxyl groups excluding tert-OH is 1. The summed E-state index contributed by atoms with van der Waals surface area (Å²) < 4.78 is 31.7. The van der Waals surface area contributed by atoms with Crippen LogP contribution in [0.15, 0.2) is 42.5 Å². The van der Waals surface area contributed by atoms with Gasteiger partial charge in [-0.25, -0.2) is 8.78 Å². The predicted octanol–water partition coefficient (Wildman–Crippen LogP) is 4.03. The van der Waals surface area contributed by atoms with Gasteiger partial charge in [0.05, 0.1) is 0 Å². The van der Waals surface area contributed by atoms with Crippen LogP contribution in [0.1, 0.15) is 31.1 Å². The second-order valence-electron chi connectivity index (χ2n) is 4.94. The second kappa shape index (κ2) is 6.68. The van der Waals surface area contributed by atoms with Crippen LogP contribution in [0.25, 0.3) is 0 Å². The lowest BCUT2D eigenvalue weighted by Gasteiger charge is -2.21. The van der Waals surface area contributed by atoms with Crippen LogP contribution in [0.4, 0.5) is 8.78 Å². The van der Waals surface area contributed by atoms with Crippen LogP contribution in [0.5, 0.6) is 5.75 Å². The summed E-state index contributed by atoms with van der Waals surface area (Å²) >= 11 is 0. The normalized spacial score (nSPS) is 13.8. The largest absolute Gasteiger partial charge is 0.485 e. The van der Waals surface area contributed by atoms with E-state index in [1.54, 1.807) is 6.92 Å². The van der Waals surface area contributed by atoms with Crippen LogP contribution in [0, 0.1) is 11.6 Å². The molecule has 4 heteroatoms. The first-order valence-corrected chi connectivity index (χ1v) is 6.90. The van der Waals surface area contributed by atoms with E-state index in [9.17, 15) is 13.9 Å². The molecule has 2 unspecified atom stereocenters. The Kier molecular flexibility index (Phi) is 4.91. The minimum Gasteiger partial charge on any atom is -0.485 e. The standard InChI is InChI=1S/C17H18F2O2/c1-3-12-4-6-13(7-5-12)17(20)11(2)21-16-9-8-14(18)10-15(16)19/h4-11,17,20H,3H2,1-2H3. The topological polar surface area (TPSA) is 29.5 Å². The van der Waals surface area contributed by atoms with Gasteiger partial charge in [-0.2, -0.15) is 0 Å². The number of hydrogen-bond donors (Lipinski definition) is 1. The Bertz CT molecular complexity index is 596. The number of hydrogen-bond acceptors (Lipinski definition) is 2. The molecule has 2 aromatic rings. The van der Waals surface area contributed by atoms with Crippen molar-refractivity contribution in [2.24, 2.45) is 0 Å². The number of aliphatic hydroxyl groups is 1. The van der Waals surface area contributed by atoms with E-state index in [-0.39, 0.29) is 5.75 Å². The Hall–Kier alpha value is -1.94. The summed E-state index contributed by atoms with van der Waals surface area (Å²) in [6.45, 7) is 3.69. The van der Waals surface area contributed by atoms with Gasteiger partial charge in [-0.05, 0) is 36.6 Å². The summed E-state index contributed by atoms with van der Waals surface area (Å²) in [6, 6.07) is 10.6. The first-order valence-electron chi connectivity index (χ1n) is 6.90. The molecule has 0 radical (unpaired) electrons. The number of ether oxygens (including phenoxy) is 1. The zero-order valence-corrected chi connectivity index (χ0v) is 12.0. The van der Waals surface area contributed by atoms with Crippen molar-refractivity contribution in [1.29, 1.82) is 0 Å². The van der Waals surface area contributed by atoms with Crippen molar-refractivity contribution >= 4 is 0 Å². The Labute approximate surface area is 123 Å². The van der Waals surface area contributed by atoms with Crippen LogP contribution >= 0.6 is 0 Å². The summed E-state index contributed by atoms with van der Waals surface area (Å²) in [6.07, 6.45) is -0.624. The Morgan fingerprint density at radius 2 is 1.76 bits per heavy atom. The maximum atomic E-state index is 13.5. The summed E-state index contributed by atoms with van der Waals surface area (Å²) in [4.78, 5) is 0. The molecule has 112 valence electrons. The highest BCUT2D eigenvalue weighted by molar-refractivity contribution is 5.27. The predicted molar refractivity (Wildman–Crippen MR) is 77.2 cm³/mol. The molecule has 0 amide bonds. The third-order valence-corrected chi connectivity index (χ3v) is 3.38. The molecule has 0 fully saturated rings. The summed E-state index contributed by atoms with van der Waals surface area (Å²) in [7, 11) is 0. The van der Waals surface area contributed by atoms with Crippen LogP contribution in [-0.4, -0.2) is 11.2 Å². The lowest BCUT2D eigenvalue weighted by atomic mass is 10.0. The molecule has 2 nitrogen and oxygen atoms in total. The van der Waals surface area contributed by atoms with E-state index >= 15 is 0 Å². The lowest BCUT2D eigenvalue weighted by Crippen LogP contribution is -2.22. The molecule has 2 atom stereocenters. The molecule has 0 aromatic heterocycles. The number of benzene rings is 2. The fourth-order valence-electron chi connectivity index (χ4n) is 2.06. The SMILES string of the molecule is CCc1ccc(C(O)C(C)Oc2ccc(F)cc2F)cc1. The Balaban J connectivity index is 2.09. The van der Waals surface area contributed by atoms with E-state index in [0.717, 1.165) is 18.6 Å². The van der Waals surface area contributed by atoms with Crippen LogP contribution < -0.4 is 4.74 Å². The van der Waals surface area contributed by atoms with Crippen molar-refractivity contribution in [3.8, 4) is 5.75 Å². The summed E-state index contributed by atoms with van der Waals surface area (Å²) in [5.74, 6) is -1.52. The quantitative estimate of drug-likeness (QED) is 0.901. The van der Waals surface area contributed by atoms with E-state index in [2.05, 4.69) is 6.92 Å². The molecule has 1 N–H and O–H groups in total. The van der Waals surface area contributed by atoms with Gasteiger partial charge in [-0.15, -0.1) is 0 Å². The minimum atomic E-state index is -0.889. The van der Waals surface area contributed by atoms with Gasteiger partial charge < -0.3 is 9.84 Å². The van der Waals surface area contributed by atoms with Crippen LogP contribution in [0.2, 0.25) is 0 Å². The number of rotatable bonds is 5. The molecular formula is C17H18F2O2. The van der Waals surface area contributed by atoms with Gasteiger partial charge in [0.15, 0.2) is 11.6 Å². The van der Waals surface area contributed by atoms with Crippen molar-refractivity contribution in [1.82, 2.24) is 0 Å². The maximum absolute atomic E-state index is 13.5. The Morgan fingerprint density at radius 3 is 2.33 bits per heavy atom. The van der Waals surface area contributed by atoms with E-state index in [1.807, 2.05) is 24.3 Å². The minimum absolute atomic E-state index is 0.0758. The molecule has 21 heavy (non-hydrogen) atoms. The number of aryl methyl sites for hydroxylation is 1. The molecule has 0 aliphatic heterocycles. The smallest absolute Gasteiger partial charge is 0.167 e. The van der Waals surface area contributed by atoms with E-state index < -0.39 is 23.8 Å². The van der Waals surface area contributed by atoms with Crippen molar-refractivity contribution in [3.63, 3.8) is 0 Å². The first-order chi connectivity index (χ1) is 10.0. The molecule has 0 aliphatic carbocycles. The summed E-state index contributed by atoms with van der Waals surface area (Å²) in [5, 5.41) is 10.2. The average molecular weight is 292 g/mol. The fraction of sp³-hybridized carbons (Fsp3) is 0.294. The zero-order valence-electron chi connectivity index (χ0n) is 12.0. The highest BCUT2D eigenvalue weighted by Crippen LogP contribution is 2.24. The van der Waals surface area contributed by atoms with Gasteiger partial charge in [0.2, 0.25) is 0 Å². The monoisotopic (exact) mass is 292 g/mol. The summed E-state index contributed by atoms with van der Waals surface area (Å²) in [5.41, 5.74) is 1.87. The Morgan fingerprint density at radius 1 is 1.10 bits per heavy atom. The van der Waals surface area contributed by atoms with Gasteiger partial charge in [0, 0.05) is 6.07 Å². The molecule has 0 bridgehead atoms. The van der Waals surface area contributed by atoms with Crippen molar-refractivity contribution < 1.29 is 18.6 Å².